The number of carboxylic acid groups (broad SMARTS) is 1. The Labute approximate surface area is 104 Å². The first kappa shape index (κ1) is 12.1. The van der Waals surface area contributed by atoms with E-state index in [0.717, 1.165) is 6.42 Å². The van der Waals surface area contributed by atoms with E-state index in [2.05, 4.69) is 5.32 Å². The first-order valence-electron chi connectivity index (χ1n) is 5.63. The van der Waals surface area contributed by atoms with Crippen molar-refractivity contribution < 1.29 is 14.7 Å². The molecule has 1 saturated carbocycles. The molecule has 0 spiro atoms. The van der Waals surface area contributed by atoms with Gasteiger partial charge < -0.3 is 10.4 Å². The molecule has 92 valence electrons. The second kappa shape index (κ2) is 4.87. The topological polar surface area (TPSA) is 66.4 Å². The van der Waals surface area contributed by atoms with Crippen molar-refractivity contribution in [3.8, 4) is 0 Å². The zero-order valence-corrected chi connectivity index (χ0v) is 10.4. The minimum atomic E-state index is -0.865. The maximum absolute atomic E-state index is 11.7. The van der Waals surface area contributed by atoms with Crippen LogP contribution in [0.2, 0.25) is 0 Å². The van der Waals surface area contributed by atoms with Gasteiger partial charge in [-0.3, -0.25) is 9.59 Å². The van der Waals surface area contributed by atoms with E-state index in [1.54, 1.807) is 11.3 Å². The predicted molar refractivity (Wildman–Crippen MR) is 64.9 cm³/mol. The molecule has 17 heavy (non-hydrogen) atoms. The lowest BCUT2D eigenvalue weighted by Crippen LogP contribution is -2.35. The van der Waals surface area contributed by atoms with Gasteiger partial charge in [0.25, 0.3) is 0 Å². The number of rotatable bonds is 5. The molecule has 0 radical (unpaired) electrons. The van der Waals surface area contributed by atoms with Gasteiger partial charge in [0.15, 0.2) is 0 Å². The van der Waals surface area contributed by atoms with E-state index in [1.165, 1.54) is 4.88 Å². The molecule has 0 bridgehead atoms. The number of thiophene rings is 1. The fourth-order valence-electron chi connectivity index (χ4n) is 1.89. The van der Waals surface area contributed by atoms with Crippen LogP contribution in [0.3, 0.4) is 0 Å². The maximum atomic E-state index is 11.7. The molecule has 0 aliphatic heterocycles. The second-order valence-corrected chi connectivity index (χ2v) is 5.51. The first-order valence-corrected chi connectivity index (χ1v) is 6.51. The summed E-state index contributed by atoms with van der Waals surface area (Å²) in [5.41, 5.74) is 0. The molecule has 4 nitrogen and oxygen atoms in total. The van der Waals surface area contributed by atoms with Crippen LogP contribution >= 0.6 is 11.3 Å². The Morgan fingerprint density at radius 1 is 1.59 bits per heavy atom. The number of nitrogens with one attached hydrogen (secondary N) is 1. The summed E-state index contributed by atoms with van der Waals surface area (Å²) in [6, 6.07) is 4.07. The van der Waals surface area contributed by atoms with E-state index >= 15 is 0 Å². The zero-order valence-electron chi connectivity index (χ0n) is 9.55. The highest BCUT2D eigenvalue weighted by Crippen LogP contribution is 2.38. The Hall–Kier alpha value is -1.36. The molecular formula is C12H15NO3S. The Morgan fingerprint density at radius 2 is 2.35 bits per heavy atom. The number of carboxylic acids is 1. The molecule has 5 heteroatoms. The number of hydrogen-bond donors (Lipinski definition) is 2. The fourth-order valence-corrected chi connectivity index (χ4v) is 2.72. The van der Waals surface area contributed by atoms with Gasteiger partial charge in [0.2, 0.25) is 5.91 Å². The SMILES string of the molecule is C[C@H](Cc1cccs1)NC(=O)[C@H]1C[C@@H]1C(=O)O. The third-order valence-corrected chi connectivity index (χ3v) is 3.82. The van der Waals surface area contributed by atoms with Gasteiger partial charge in [-0.25, -0.2) is 0 Å². The van der Waals surface area contributed by atoms with Crippen LogP contribution in [0.15, 0.2) is 17.5 Å². The minimum absolute atomic E-state index is 0.0520. The van der Waals surface area contributed by atoms with Crippen molar-refractivity contribution in [1.82, 2.24) is 5.32 Å². The third kappa shape index (κ3) is 3.06. The Balaban J connectivity index is 1.78. The highest BCUT2D eigenvalue weighted by Gasteiger charge is 2.48. The van der Waals surface area contributed by atoms with Crippen molar-refractivity contribution in [3.63, 3.8) is 0 Å². The van der Waals surface area contributed by atoms with E-state index < -0.39 is 11.9 Å². The highest BCUT2D eigenvalue weighted by molar-refractivity contribution is 7.09. The van der Waals surface area contributed by atoms with Crippen LogP contribution in [0, 0.1) is 11.8 Å². The molecule has 0 unspecified atom stereocenters. The minimum Gasteiger partial charge on any atom is -0.481 e. The van der Waals surface area contributed by atoms with E-state index in [1.807, 2.05) is 24.4 Å². The number of hydrogen-bond acceptors (Lipinski definition) is 3. The molecule has 1 aliphatic carbocycles. The average Bonchev–Trinajstić information content (AvgIpc) is 2.92. The van der Waals surface area contributed by atoms with Crippen LogP contribution in [0.25, 0.3) is 0 Å². The van der Waals surface area contributed by atoms with Gasteiger partial charge in [-0.05, 0) is 24.8 Å². The molecular weight excluding hydrogens is 238 g/mol. The van der Waals surface area contributed by atoms with Crippen LogP contribution in [0.1, 0.15) is 18.2 Å². The Kier molecular flexibility index (Phi) is 3.47. The Bertz CT molecular complexity index is 415. The van der Waals surface area contributed by atoms with Gasteiger partial charge in [-0.15, -0.1) is 11.3 Å². The van der Waals surface area contributed by atoms with Crippen molar-refractivity contribution in [1.29, 1.82) is 0 Å². The molecule has 0 saturated heterocycles. The second-order valence-electron chi connectivity index (χ2n) is 4.48. The smallest absolute Gasteiger partial charge is 0.307 e. The molecule has 1 aromatic rings. The lowest BCUT2D eigenvalue weighted by Gasteiger charge is -2.12. The molecule has 1 aromatic heterocycles. The van der Waals surface area contributed by atoms with Gasteiger partial charge in [-0.1, -0.05) is 6.07 Å². The third-order valence-electron chi connectivity index (χ3n) is 2.92. The van der Waals surface area contributed by atoms with E-state index in [0.29, 0.717) is 6.42 Å². The summed E-state index contributed by atoms with van der Waals surface area (Å²) in [4.78, 5) is 23.6. The molecule has 0 aromatic carbocycles. The Morgan fingerprint density at radius 3 is 2.88 bits per heavy atom. The van der Waals surface area contributed by atoms with Crippen molar-refractivity contribution >= 4 is 23.2 Å². The maximum Gasteiger partial charge on any atom is 0.307 e. The summed E-state index contributed by atoms with van der Waals surface area (Å²) in [6.07, 6.45) is 1.28. The number of aliphatic carboxylic acids is 1. The highest BCUT2D eigenvalue weighted by atomic mass is 32.1. The van der Waals surface area contributed by atoms with Crippen molar-refractivity contribution in [3.05, 3.63) is 22.4 Å². The predicted octanol–water partition coefficient (Wildman–Crippen LogP) is 1.52. The van der Waals surface area contributed by atoms with Crippen LogP contribution < -0.4 is 5.32 Å². The van der Waals surface area contributed by atoms with Crippen molar-refractivity contribution in [2.24, 2.45) is 11.8 Å². The van der Waals surface area contributed by atoms with Crippen molar-refractivity contribution in [2.75, 3.05) is 0 Å². The lowest BCUT2D eigenvalue weighted by molar-refractivity contribution is -0.140. The van der Waals surface area contributed by atoms with Gasteiger partial charge in [0, 0.05) is 17.3 Å². The molecule has 1 aliphatic rings. The molecule has 1 heterocycles. The number of amides is 1. The van der Waals surface area contributed by atoms with Crippen LogP contribution in [-0.2, 0) is 16.0 Å². The van der Waals surface area contributed by atoms with E-state index in [9.17, 15) is 9.59 Å². The number of carbonyl (C=O) groups excluding carboxylic acids is 1. The van der Waals surface area contributed by atoms with Gasteiger partial charge >= 0.3 is 5.97 Å². The van der Waals surface area contributed by atoms with Crippen LogP contribution in [0.4, 0.5) is 0 Å². The van der Waals surface area contributed by atoms with E-state index in [4.69, 9.17) is 5.11 Å². The molecule has 2 N–H and O–H groups in total. The monoisotopic (exact) mass is 253 g/mol. The zero-order chi connectivity index (χ0) is 12.4. The summed E-state index contributed by atoms with van der Waals surface area (Å²) in [6.45, 7) is 1.94. The largest absolute Gasteiger partial charge is 0.481 e. The standard InChI is InChI=1S/C12H15NO3S/c1-7(5-8-3-2-4-17-8)13-11(14)9-6-10(9)12(15)16/h2-4,7,9-10H,5-6H2,1H3,(H,13,14)(H,15,16)/t7-,9+,10+/m1/s1. The first-order chi connectivity index (χ1) is 8.08. The lowest BCUT2D eigenvalue weighted by atomic mass is 10.2. The molecule has 3 atom stereocenters. The molecule has 1 fully saturated rings. The molecule has 2 rings (SSSR count). The number of carbonyl (C=O) groups is 2. The molecule has 1 amide bonds. The van der Waals surface area contributed by atoms with Crippen molar-refractivity contribution in [2.45, 2.75) is 25.8 Å². The van der Waals surface area contributed by atoms with Gasteiger partial charge in [0.05, 0.1) is 11.8 Å². The normalized spacial score (nSPS) is 24.1. The summed E-state index contributed by atoms with van der Waals surface area (Å²) in [7, 11) is 0. The van der Waals surface area contributed by atoms with Crippen LogP contribution in [-0.4, -0.2) is 23.0 Å². The van der Waals surface area contributed by atoms with Gasteiger partial charge in [0.1, 0.15) is 0 Å². The summed E-state index contributed by atoms with van der Waals surface area (Å²) < 4.78 is 0. The fraction of sp³-hybridized carbons (Fsp3) is 0.500. The summed E-state index contributed by atoms with van der Waals surface area (Å²) >= 11 is 1.66. The summed E-state index contributed by atoms with van der Waals surface area (Å²) in [5, 5.41) is 13.6. The van der Waals surface area contributed by atoms with Gasteiger partial charge in [-0.2, -0.15) is 0 Å². The van der Waals surface area contributed by atoms with Crippen LogP contribution in [0.5, 0.6) is 0 Å². The van der Waals surface area contributed by atoms with E-state index in [-0.39, 0.29) is 17.9 Å². The summed E-state index contributed by atoms with van der Waals surface area (Å²) in [5.74, 6) is -1.78. The quantitative estimate of drug-likeness (QED) is 0.836. The average molecular weight is 253 g/mol.